The molecule has 1 saturated carbocycles. The molecule has 0 spiro atoms. The molecule has 2 rings (SSSR count). The van der Waals surface area contributed by atoms with Crippen LogP contribution in [0.3, 0.4) is 0 Å². The van der Waals surface area contributed by atoms with Gasteiger partial charge in [0.15, 0.2) is 0 Å². The average molecular weight is 254 g/mol. The van der Waals surface area contributed by atoms with E-state index in [2.05, 4.69) is 12.2 Å². The van der Waals surface area contributed by atoms with Crippen LogP contribution in [0, 0.1) is 0 Å². The maximum atomic E-state index is 6.27. The number of benzene rings is 1. The number of halogens is 1. The van der Waals surface area contributed by atoms with Crippen LogP contribution in [0.1, 0.15) is 44.2 Å². The Bertz CT molecular complexity index is 374. The highest BCUT2D eigenvalue weighted by Crippen LogP contribution is 2.30. The van der Waals surface area contributed by atoms with Crippen LogP contribution in [0.2, 0.25) is 5.02 Å². The van der Waals surface area contributed by atoms with Crippen molar-refractivity contribution in [2.45, 2.75) is 44.8 Å². The Kier molecular flexibility index (Phi) is 4.30. The number of nitrogens with one attached hydrogen (secondary N) is 1. The molecule has 0 radical (unpaired) electrons. The van der Waals surface area contributed by atoms with Crippen LogP contribution in [-0.2, 0) is 0 Å². The molecule has 1 N–H and O–H groups in total. The third kappa shape index (κ3) is 3.14. The molecule has 0 bridgehead atoms. The van der Waals surface area contributed by atoms with Gasteiger partial charge < -0.3 is 10.1 Å². The van der Waals surface area contributed by atoms with Gasteiger partial charge in [0.05, 0.1) is 6.10 Å². The minimum absolute atomic E-state index is 0.267. The largest absolute Gasteiger partial charge is 0.490 e. The van der Waals surface area contributed by atoms with Gasteiger partial charge in [0, 0.05) is 11.1 Å². The fraction of sp³-hybridized carbons (Fsp3) is 0.571. The van der Waals surface area contributed by atoms with Crippen molar-refractivity contribution in [3.63, 3.8) is 0 Å². The molecule has 1 aliphatic carbocycles. The summed E-state index contributed by atoms with van der Waals surface area (Å²) in [5.74, 6) is 0.897. The van der Waals surface area contributed by atoms with Gasteiger partial charge in [-0.05, 0) is 57.4 Å². The van der Waals surface area contributed by atoms with Crippen molar-refractivity contribution in [2.24, 2.45) is 0 Å². The van der Waals surface area contributed by atoms with Crippen LogP contribution >= 0.6 is 11.6 Å². The first-order valence-electron chi connectivity index (χ1n) is 6.34. The van der Waals surface area contributed by atoms with Crippen molar-refractivity contribution < 1.29 is 4.74 Å². The van der Waals surface area contributed by atoms with Crippen LogP contribution in [0.25, 0.3) is 0 Å². The lowest BCUT2D eigenvalue weighted by Crippen LogP contribution is -2.13. The number of hydrogen-bond donors (Lipinski definition) is 1. The molecule has 94 valence electrons. The third-order valence-corrected chi connectivity index (χ3v) is 3.80. The maximum Gasteiger partial charge on any atom is 0.121 e. The number of hydrogen-bond acceptors (Lipinski definition) is 2. The Balaban J connectivity index is 2.07. The Hall–Kier alpha value is -0.730. The van der Waals surface area contributed by atoms with E-state index in [0.717, 1.165) is 16.3 Å². The van der Waals surface area contributed by atoms with Crippen LogP contribution in [0.4, 0.5) is 0 Å². The van der Waals surface area contributed by atoms with E-state index < -0.39 is 0 Å². The Morgan fingerprint density at radius 1 is 1.35 bits per heavy atom. The molecule has 0 heterocycles. The highest BCUT2D eigenvalue weighted by molar-refractivity contribution is 6.31. The van der Waals surface area contributed by atoms with Crippen LogP contribution in [0.5, 0.6) is 5.75 Å². The van der Waals surface area contributed by atoms with Gasteiger partial charge in [-0.15, -0.1) is 0 Å². The second kappa shape index (κ2) is 5.74. The smallest absolute Gasteiger partial charge is 0.121 e. The highest BCUT2D eigenvalue weighted by atomic mass is 35.5. The molecular formula is C14H20ClNO. The molecule has 1 unspecified atom stereocenters. The normalized spacial score (nSPS) is 18.3. The molecule has 2 nitrogen and oxygen atoms in total. The average Bonchev–Trinajstić information content (AvgIpc) is 2.81. The van der Waals surface area contributed by atoms with E-state index >= 15 is 0 Å². The Morgan fingerprint density at radius 3 is 2.65 bits per heavy atom. The molecule has 17 heavy (non-hydrogen) atoms. The SMILES string of the molecule is CNC(C)c1ccc(OC2CCCC2)cc1Cl. The van der Waals surface area contributed by atoms with Gasteiger partial charge in [0.2, 0.25) is 0 Å². The van der Waals surface area contributed by atoms with Crippen molar-refractivity contribution in [1.29, 1.82) is 0 Å². The maximum absolute atomic E-state index is 6.27. The van der Waals surface area contributed by atoms with Gasteiger partial charge >= 0.3 is 0 Å². The predicted molar refractivity (Wildman–Crippen MR) is 71.8 cm³/mol. The summed E-state index contributed by atoms with van der Waals surface area (Å²) >= 11 is 6.27. The standard InChI is InChI=1S/C14H20ClNO/c1-10(16-2)13-8-7-12(9-14(13)15)17-11-5-3-4-6-11/h7-11,16H,3-6H2,1-2H3. The summed E-state index contributed by atoms with van der Waals surface area (Å²) in [6, 6.07) is 6.27. The minimum Gasteiger partial charge on any atom is -0.490 e. The first kappa shape index (κ1) is 12.7. The molecule has 1 aromatic rings. The molecule has 0 aliphatic heterocycles. The summed E-state index contributed by atoms with van der Waals surface area (Å²) < 4.78 is 5.92. The first-order valence-corrected chi connectivity index (χ1v) is 6.72. The summed E-state index contributed by atoms with van der Waals surface area (Å²) in [4.78, 5) is 0. The first-order chi connectivity index (χ1) is 8.20. The number of rotatable bonds is 4. The summed E-state index contributed by atoms with van der Waals surface area (Å²) in [5, 5.41) is 3.97. The van der Waals surface area contributed by atoms with Crippen LogP contribution < -0.4 is 10.1 Å². The molecule has 0 saturated heterocycles. The van der Waals surface area contributed by atoms with Crippen LogP contribution in [0.15, 0.2) is 18.2 Å². The highest BCUT2D eigenvalue weighted by Gasteiger charge is 2.17. The Morgan fingerprint density at radius 2 is 2.06 bits per heavy atom. The summed E-state index contributed by atoms with van der Waals surface area (Å²) in [6.45, 7) is 2.10. The van der Waals surface area contributed by atoms with E-state index in [1.165, 1.54) is 25.7 Å². The van der Waals surface area contributed by atoms with Crippen molar-refractivity contribution in [3.8, 4) is 5.75 Å². The monoisotopic (exact) mass is 253 g/mol. The zero-order chi connectivity index (χ0) is 12.3. The summed E-state index contributed by atoms with van der Waals surface area (Å²) in [5.41, 5.74) is 1.12. The quantitative estimate of drug-likeness (QED) is 0.878. The lowest BCUT2D eigenvalue weighted by molar-refractivity contribution is 0.210. The predicted octanol–water partition coefficient (Wildman–Crippen LogP) is 3.94. The van der Waals surface area contributed by atoms with Crippen molar-refractivity contribution in [3.05, 3.63) is 28.8 Å². The number of ether oxygens (including phenoxy) is 1. The minimum atomic E-state index is 0.267. The lowest BCUT2D eigenvalue weighted by atomic mass is 10.1. The van der Waals surface area contributed by atoms with Crippen molar-refractivity contribution in [1.82, 2.24) is 5.32 Å². The lowest BCUT2D eigenvalue weighted by Gasteiger charge is -2.16. The molecule has 1 atom stereocenters. The van der Waals surface area contributed by atoms with E-state index in [9.17, 15) is 0 Å². The third-order valence-electron chi connectivity index (χ3n) is 3.48. The summed E-state index contributed by atoms with van der Waals surface area (Å²) in [7, 11) is 1.93. The fourth-order valence-corrected chi connectivity index (χ4v) is 2.62. The zero-order valence-electron chi connectivity index (χ0n) is 10.5. The topological polar surface area (TPSA) is 21.3 Å². The molecule has 1 aliphatic rings. The second-order valence-electron chi connectivity index (χ2n) is 4.72. The molecule has 3 heteroatoms. The van der Waals surface area contributed by atoms with Gasteiger partial charge in [-0.3, -0.25) is 0 Å². The van der Waals surface area contributed by atoms with Gasteiger partial charge in [-0.25, -0.2) is 0 Å². The molecule has 1 aromatic carbocycles. The van der Waals surface area contributed by atoms with E-state index in [0.29, 0.717) is 6.10 Å². The molecule has 0 aromatic heterocycles. The molecule has 1 fully saturated rings. The van der Waals surface area contributed by atoms with Gasteiger partial charge in [-0.1, -0.05) is 17.7 Å². The second-order valence-corrected chi connectivity index (χ2v) is 5.13. The van der Waals surface area contributed by atoms with Gasteiger partial charge in [0.25, 0.3) is 0 Å². The van der Waals surface area contributed by atoms with Crippen LogP contribution in [-0.4, -0.2) is 13.2 Å². The Labute approximate surface area is 108 Å². The summed E-state index contributed by atoms with van der Waals surface area (Å²) in [6.07, 6.45) is 5.30. The zero-order valence-corrected chi connectivity index (χ0v) is 11.3. The van der Waals surface area contributed by atoms with Crippen molar-refractivity contribution >= 4 is 11.6 Å². The van der Waals surface area contributed by atoms with Crippen molar-refractivity contribution in [2.75, 3.05) is 7.05 Å². The van der Waals surface area contributed by atoms with E-state index in [-0.39, 0.29) is 6.04 Å². The fourth-order valence-electron chi connectivity index (χ4n) is 2.29. The van der Waals surface area contributed by atoms with E-state index in [1.54, 1.807) is 0 Å². The molecule has 0 amide bonds. The van der Waals surface area contributed by atoms with E-state index in [4.69, 9.17) is 16.3 Å². The van der Waals surface area contributed by atoms with E-state index in [1.807, 2.05) is 25.2 Å². The molecular weight excluding hydrogens is 234 g/mol. The van der Waals surface area contributed by atoms with Gasteiger partial charge in [0.1, 0.15) is 5.75 Å². The van der Waals surface area contributed by atoms with Gasteiger partial charge in [-0.2, -0.15) is 0 Å².